The molecule has 0 aliphatic carbocycles. The molecule has 26 heavy (non-hydrogen) atoms. The lowest BCUT2D eigenvalue weighted by atomic mass is 10.1. The fourth-order valence-electron chi connectivity index (χ4n) is 2.23. The van der Waals surface area contributed by atoms with Gasteiger partial charge in [-0.15, -0.1) is 0 Å². The van der Waals surface area contributed by atoms with Crippen LogP contribution in [0, 0.1) is 0 Å². The minimum Gasteiger partial charge on any atom is -0.387 e. The molecule has 7 heteroatoms. The molecule has 134 valence electrons. The second-order valence-corrected chi connectivity index (χ2v) is 7.43. The Morgan fingerprint density at radius 1 is 1.15 bits per heavy atom. The first-order valence-corrected chi connectivity index (χ1v) is 9.68. The number of allylic oxidation sites excluding steroid dienone is 1. The van der Waals surface area contributed by atoms with Gasteiger partial charge < -0.3 is 10.6 Å². The van der Waals surface area contributed by atoms with E-state index in [1.807, 2.05) is 19.1 Å². The van der Waals surface area contributed by atoms with Crippen LogP contribution in [0.5, 0.6) is 0 Å². The number of anilines is 1. The largest absolute Gasteiger partial charge is 0.387 e. The maximum absolute atomic E-state index is 6.00. The van der Waals surface area contributed by atoms with Crippen LogP contribution in [-0.4, -0.2) is 16.9 Å². The van der Waals surface area contributed by atoms with Gasteiger partial charge in [0.15, 0.2) is 10.3 Å². The normalized spacial score (nSPS) is 15.4. The first-order chi connectivity index (χ1) is 12.6. The van der Waals surface area contributed by atoms with Crippen LogP contribution < -0.4 is 10.6 Å². The van der Waals surface area contributed by atoms with Gasteiger partial charge >= 0.3 is 0 Å². The number of amidine groups is 2. The molecule has 0 atom stereocenters. The van der Waals surface area contributed by atoms with Crippen molar-refractivity contribution in [2.24, 2.45) is 9.98 Å². The van der Waals surface area contributed by atoms with Crippen molar-refractivity contribution >= 4 is 51.0 Å². The highest BCUT2D eigenvalue weighted by atomic mass is 35.5. The SMILES string of the molecule is C/C(=C/N=C1N=C(Nc2ccc(Cl)c(Cl)c2)S1)NCCc1ccccc1. The predicted molar refractivity (Wildman–Crippen MR) is 114 cm³/mol. The third kappa shape index (κ3) is 5.53. The fourth-order valence-corrected chi connectivity index (χ4v) is 3.11. The molecule has 0 amide bonds. The summed E-state index contributed by atoms with van der Waals surface area (Å²) in [6, 6.07) is 15.8. The minimum atomic E-state index is 0.510. The molecule has 0 bridgehead atoms. The standard InChI is InChI=1S/C19H18Cl2N4S/c1-13(22-10-9-14-5-3-2-4-6-14)12-23-18-25-19(26-18)24-15-7-8-16(20)17(21)11-15/h2-8,11-12,22H,9-10H2,1H3,(H,23,24,25)/b13-12-. The summed E-state index contributed by atoms with van der Waals surface area (Å²) in [7, 11) is 0. The van der Waals surface area contributed by atoms with E-state index in [-0.39, 0.29) is 0 Å². The summed E-state index contributed by atoms with van der Waals surface area (Å²) in [5, 5.41) is 9.06. The van der Waals surface area contributed by atoms with E-state index >= 15 is 0 Å². The summed E-state index contributed by atoms with van der Waals surface area (Å²) < 4.78 is 0. The number of benzene rings is 2. The van der Waals surface area contributed by atoms with Crippen LogP contribution in [0.15, 0.2) is 70.4 Å². The summed E-state index contributed by atoms with van der Waals surface area (Å²) in [6.45, 7) is 2.87. The second kappa shape index (κ2) is 9.12. The summed E-state index contributed by atoms with van der Waals surface area (Å²) in [6.07, 6.45) is 2.78. The molecule has 0 saturated carbocycles. The average Bonchev–Trinajstić information content (AvgIpc) is 2.61. The van der Waals surface area contributed by atoms with Crippen LogP contribution in [0.2, 0.25) is 10.0 Å². The molecule has 0 radical (unpaired) electrons. The molecular weight excluding hydrogens is 387 g/mol. The Morgan fingerprint density at radius 2 is 1.92 bits per heavy atom. The second-order valence-electron chi connectivity index (χ2n) is 5.66. The fraction of sp³-hybridized carbons (Fsp3) is 0.158. The van der Waals surface area contributed by atoms with Crippen molar-refractivity contribution in [2.75, 3.05) is 11.9 Å². The molecule has 4 nitrogen and oxygen atoms in total. The molecule has 2 N–H and O–H groups in total. The van der Waals surface area contributed by atoms with Gasteiger partial charge in [-0.3, -0.25) is 0 Å². The highest BCUT2D eigenvalue weighted by molar-refractivity contribution is 8.29. The zero-order valence-corrected chi connectivity index (χ0v) is 16.5. The molecule has 0 aromatic heterocycles. The van der Waals surface area contributed by atoms with Gasteiger partial charge in [0.05, 0.1) is 10.0 Å². The highest BCUT2D eigenvalue weighted by Crippen LogP contribution is 2.27. The molecule has 1 aliphatic heterocycles. The first-order valence-electron chi connectivity index (χ1n) is 8.11. The Bertz CT molecular complexity index is 863. The van der Waals surface area contributed by atoms with Crippen LogP contribution in [0.1, 0.15) is 12.5 Å². The molecule has 1 aliphatic rings. The Morgan fingerprint density at radius 3 is 2.65 bits per heavy atom. The van der Waals surface area contributed by atoms with E-state index in [0.29, 0.717) is 10.0 Å². The number of aliphatic imine (C=N–C) groups is 2. The van der Waals surface area contributed by atoms with E-state index in [1.54, 1.807) is 18.3 Å². The van der Waals surface area contributed by atoms with Gasteiger partial charge in [-0.05, 0) is 48.9 Å². The molecule has 0 spiro atoms. The minimum absolute atomic E-state index is 0.510. The number of halogens is 2. The van der Waals surface area contributed by atoms with E-state index in [9.17, 15) is 0 Å². The number of hydrogen-bond acceptors (Lipinski definition) is 4. The van der Waals surface area contributed by atoms with Crippen LogP contribution in [0.3, 0.4) is 0 Å². The van der Waals surface area contributed by atoms with Crippen LogP contribution in [0.25, 0.3) is 0 Å². The number of thioether (sulfide) groups is 1. The monoisotopic (exact) mass is 404 g/mol. The lowest BCUT2D eigenvalue weighted by Gasteiger charge is -2.16. The summed E-state index contributed by atoms with van der Waals surface area (Å²) in [5.74, 6) is 0. The van der Waals surface area contributed by atoms with E-state index in [2.05, 4.69) is 44.9 Å². The van der Waals surface area contributed by atoms with E-state index in [4.69, 9.17) is 23.2 Å². The summed E-state index contributed by atoms with van der Waals surface area (Å²) in [5.41, 5.74) is 3.17. The number of rotatable bonds is 6. The zero-order chi connectivity index (χ0) is 18.4. The Labute approximate surface area is 167 Å². The van der Waals surface area contributed by atoms with Crippen molar-refractivity contribution in [2.45, 2.75) is 13.3 Å². The molecule has 0 fully saturated rings. The van der Waals surface area contributed by atoms with Gasteiger partial charge in [-0.2, -0.15) is 4.99 Å². The topological polar surface area (TPSA) is 48.8 Å². The van der Waals surface area contributed by atoms with Gasteiger partial charge in [0, 0.05) is 24.1 Å². The van der Waals surface area contributed by atoms with Gasteiger partial charge in [-0.1, -0.05) is 53.5 Å². The van der Waals surface area contributed by atoms with Gasteiger partial charge in [-0.25, -0.2) is 4.99 Å². The van der Waals surface area contributed by atoms with Crippen molar-refractivity contribution in [1.29, 1.82) is 0 Å². The third-order valence-corrected chi connectivity index (χ3v) is 5.09. The van der Waals surface area contributed by atoms with Crippen molar-refractivity contribution in [3.63, 3.8) is 0 Å². The zero-order valence-electron chi connectivity index (χ0n) is 14.2. The van der Waals surface area contributed by atoms with Crippen molar-refractivity contribution in [1.82, 2.24) is 5.32 Å². The Hall–Kier alpha value is -1.95. The lowest BCUT2D eigenvalue weighted by Crippen LogP contribution is -2.19. The molecular formula is C19H18Cl2N4S. The number of nitrogens with zero attached hydrogens (tertiary/aromatic N) is 2. The van der Waals surface area contributed by atoms with Gasteiger partial charge in [0.2, 0.25) is 0 Å². The number of nitrogens with one attached hydrogen (secondary N) is 2. The predicted octanol–water partition coefficient (Wildman–Crippen LogP) is 5.56. The van der Waals surface area contributed by atoms with E-state index in [1.165, 1.54) is 17.3 Å². The molecule has 0 saturated heterocycles. The quantitative estimate of drug-likeness (QED) is 0.662. The van der Waals surface area contributed by atoms with Crippen LogP contribution in [0.4, 0.5) is 5.69 Å². The van der Waals surface area contributed by atoms with Gasteiger partial charge in [0.25, 0.3) is 0 Å². The van der Waals surface area contributed by atoms with E-state index < -0.39 is 0 Å². The van der Waals surface area contributed by atoms with Crippen LogP contribution in [-0.2, 0) is 6.42 Å². The Kier molecular flexibility index (Phi) is 6.61. The Balaban J connectivity index is 1.45. The molecule has 2 aromatic rings. The molecule has 1 heterocycles. The lowest BCUT2D eigenvalue weighted by molar-refractivity contribution is 0.785. The van der Waals surface area contributed by atoms with Crippen LogP contribution >= 0.6 is 35.0 Å². The first kappa shape index (κ1) is 18.8. The van der Waals surface area contributed by atoms with Crippen molar-refractivity contribution < 1.29 is 0 Å². The summed E-state index contributed by atoms with van der Waals surface area (Å²) in [4.78, 5) is 8.70. The third-order valence-electron chi connectivity index (χ3n) is 3.58. The maximum atomic E-state index is 6.00. The number of hydrogen-bond donors (Lipinski definition) is 2. The summed E-state index contributed by atoms with van der Waals surface area (Å²) >= 11 is 13.4. The average molecular weight is 405 g/mol. The van der Waals surface area contributed by atoms with Crippen molar-refractivity contribution in [3.8, 4) is 0 Å². The molecule has 2 aromatic carbocycles. The molecule has 0 unspecified atom stereocenters. The smallest absolute Gasteiger partial charge is 0.197 e. The van der Waals surface area contributed by atoms with Gasteiger partial charge in [0.1, 0.15) is 0 Å². The van der Waals surface area contributed by atoms with Crippen molar-refractivity contribution in [3.05, 3.63) is 76.0 Å². The molecule has 3 rings (SSSR count). The van der Waals surface area contributed by atoms with E-state index in [0.717, 1.165) is 34.7 Å². The maximum Gasteiger partial charge on any atom is 0.197 e. The highest BCUT2D eigenvalue weighted by Gasteiger charge is 2.17.